The predicted octanol–water partition coefficient (Wildman–Crippen LogP) is 5.46. The fourth-order valence-electron chi connectivity index (χ4n) is 4.93. The average molecular weight is 386 g/mol. The fourth-order valence-corrected chi connectivity index (χ4v) is 4.93. The van der Waals surface area contributed by atoms with Crippen molar-refractivity contribution in [2.45, 2.75) is 25.3 Å². The second-order valence-electron chi connectivity index (χ2n) is 7.70. The van der Waals surface area contributed by atoms with Crippen LogP contribution >= 0.6 is 0 Å². The SMILES string of the molecule is CCOc1ccc([C@@H]2Nc3ccc([N+](=O)[O-])cc3[C@@H]3c4ccccc4C[C@H]32)cc1. The summed E-state index contributed by atoms with van der Waals surface area (Å²) in [6.45, 7) is 2.63. The van der Waals surface area contributed by atoms with E-state index in [-0.39, 0.29) is 22.6 Å². The van der Waals surface area contributed by atoms with Crippen molar-refractivity contribution in [3.05, 3.63) is 99.1 Å². The van der Waals surface area contributed by atoms with Crippen LogP contribution in [0.25, 0.3) is 0 Å². The zero-order chi connectivity index (χ0) is 20.0. The number of benzene rings is 3. The molecule has 1 aliphatic carbocycles. The van der Waals surface area contributed by atoms with Gasteiger partial charge in [0, 0.05) is 23.7 Å². The number of nitro groups is 1. The number of ether oxygens (including phenoxy) is 1. The van der Waals surface area contributed by atoms with Gasteiger partial charge in [0.25, 0.3) is 5.69 Å². The molecule has 0 radical (unpaired) electrons. The molecule has 0 fully saturated rings. The lowest BCUT2D eigenvalue weighted by molar-refractivity contribution is -0.384. The standard InChI is InChI=1S/C24H22N2O3/c1-2-29-18-10-7-15(8-11-18)24-21-13-16-5-3-4-6-19(16)23(21)20-14-17(26(27)28)9-12-22(20)25-24/h3-12,14,21,23-25H,2,13H2,1H3/t21-,23+,24+/m1/s1. The number of anilines is 1. The molecule has 0 aromatic heterocycles. The minimum absolute atomic E-state index is 0.136. The van der Waals surface area contributed by atoms with Crippen LogP contribution < -0.4 is 10.1 Å². The molecular weight excluding hydrogens is 364 g/mol. The quantitative estimate of drug-likeness (QED) is 0.477. The third-order valence-corrected chi connectivity index (χ3v) is 6.14. The highest BCUT2D eigenvalue weighted by atomic mass is 16.6. The second kappa shape index (κ2) is 6.92. The van der Waals surface area contributed by atoms with E-state index in [4.69, 9.17) is 4.74 Å². The van der Waals surface area contributed by atoms with E-state index in [9.17, 15) is 10.1 Å². The summed E-state index contributed by atoms with van der Waals surface area (Å²) in [5.41, 5.74) is 5.98. The summed E-state index contributed by atoms with van der Waals surface area (Å²) in [7, 11) is 0. The summed E-state index contributed by atoms with van der Waals surface area (Å²) >= 11 is 0. The average Bonchev–Trinajstić information content (AvgIpc) is 3.13. The first kappa shape index (κ1) is 17.7. The summed E-state index contributed by atoms with van der Waals surface area (Å²) in [5.74, 6) is 1.33. The van der Waals surface area contributed by atoms with Gasteiger partial charge in [-0.3, -0.25) is 10.1 Å². The predicted molar refractivity (Wildman–Crippen MR) is 113 cm³/mol. The zero-order valence-electron chi connectivity index (χ0n) is 16.2. The zero-order valence-corrected chi connectivity index (χ0v) is 16.2. The van der Waals surface area contributed by atoms with Crippen molar-refractivity contribution in [3.63, 3.8) is 0 Å². The Morgan fingerprint density at radius 2 is 1.86 bits per heavy atom. The first-order valence-corrected chi connectivity index (χ1v) is 10.0. The molecule has 146 valence electrons. The van der Waals surface area contributed by atoms with Crippen LogP contribution in [-0.4, -0.2) is 11.5 Å². The van der Waals surface area contributed by atoms with Crippen molar-refractivity contribution < 1.29 is 9.66 Å². The number of hydrogen-bond donors (Lipinski definition) is 1. The van der Waals surface area contributed by atoms with Crippen molar-refractivity contribution >= 4 is 11.4 Å². The number of nitrogens with zero attached hydrogens (tertiary/aromatic N) is 1. The van der Waals surface area contributed by atoms with Gasteiger partial charge in [-0.15, -0.1) is 0 Å². The lowest BCUT2D eigenvalue weighted by Gasteiger charge is -2.38. The number of hydrogen-bond acceptors (Lipinski definition) is 4. The molecule has 1 N–H and O–H groups in total. The highest BCUT2D eigenvalue weighted by molar-refractivity contribution is 5.65. The summed E-state index contributed by atoms with van der Waals surface area (Å²) in [6.07, 6.45) is 0.952. The molecule has 0 spiro atoms. The molecule has 0 saturated heterocycles. The molecule has 2 aliphatic rings. The summed E-state index contributed by atoms with van der Waals surface area (Å²) in [6, 6.07) is 22.1. The Morgan fingerprint density at radius 1 is 1.07 bits per heavy atom. The van der Waals surface area contributed by atoms with Crippen molar-refractivity contribution in [1.29, 1.82) is 0 Å². The van der Waals surface area contributed by atoms with Gasteiger partial charge in [0.05, 0.1) is 17.6 Å². The topological polar surface area (TPSA) is 64.4 Å². The van der Waals surface area contributed by atoms with Crippen LogP contribution in [0.5, 0.6) is 5.75 Å². The van der Waals surface area contributed by atoms with Crippen LogP contribution in [0.4, 0.5) is 11.4 Å². The summed E-state index contributed by atoms with van der Waals surface area (Å²) in [5, 5.41) is 15.0. The van der Waals surface area contributed by atoms with Crippen LogP contribution in [0.15, 0.2) is 66.7 Å². The van der Waals surface area contributed by atoms with Gasteiger partial charge in [-0.05, 0) is 59.7 Å². The third-order valence-electron chi connectivity index (χ3n) is 6.14. The first-order chi connectivity index (χ1) is 14.2. The van der Waals surface area contributed by atoms with Gasteiger partial charge in [-0.25, -0.2) is 0 Å². The maximum absolute atomic E-state index is 11.4. The molecule has 3 atom stereocenters. The number of nitrogens with one attached hydrogen (secondary N) is 1. The van der Waals surface area contributed by atoms with Gasteiger partial charge in [0.15, 0.2) is 0 Å². The van der Waals surface area contributed by atoms with E-state index in [1.54, 1.807) is 12.1 Å². The Morgan fingerprint density at radius 3 is 2.62 bits per heavy atom. The number of rotatable bonds is 4. The van der Waals surface area contributed by atoms with E-state index in [1.807, 2.05) is 25.1 Å². The van der Waals surface area contributed by atoms with Crippen LogP contribution in [0.3, 0.4) is 0 Å². The Hall–Kier alpha value is -3.34. The smallest absolute Gasteiger partial charge is 0.269 e. The molecule has 3 aromatic rings. The van der Waals surface area contributed by atoms with Gasteiger partial charge in [0.1, 0.15) is 5.75 Å². The van der Waals surface area contributed by atoms with Crippen molar-refractivity contribution in [2.24, 2.45) is 5.92 Å². The Bertz CT molecular complexity index is 1080. The Balaban J connectivity index is 1.61. The summed E-state index contributed by atoms with van der Waals surface area (Å²) in [4.78, 5) is 11.1. The minimum atomic E-state index is -0.311. The maximum atomic E-state index is 11.4. The molecule has 5 heteroatoms. The minimum Gasteiger partial charge on any atom is -0.494 e. The molecule has 0 unspecified atom stereocenters. The fraction of sp³-hybridized carbons (Fsp3) is 0.250. The van der Waals surface area contributed by atoms with E-state index >= 15 is 0 Å². The van der Waals surface area contributed by atoms with E-state index in [2.05, 4.69) is 41.7 Å². The molecule has 0 amide bonds. The van der Waals surface area contributed by atoms with E-state index < -0.39 is 0 Å². The number of nitro benzene ring substituents is 1. The third kappa shape index (κ3) is 2.94. The van der Waals surface area contributed by atoms with Crippen LogP contribution in [0.2, 0.25) is 0 Å². The van der Waals surface area contributed by atoms with Crippen LogP contribution in [-0.2, 0) is 6.42 Å². The Kier molecular flexibility index (Phi) is 4.23. The lowest BCUT2D eigenvalue weighted by atomic mass is 9.75. The monoisotopic (exact) mass is 386 g/mol. The van der Waals surface area contributed by atoms with Gasteiger partial charge < -0.3 is 10.1 Å². The van der Waals surface area contributed by atoms with Gasteiger partial charge >= 0.3 is 0 Å². The van der Waals surface area contributed by atoms with Crippen molar-refractivity contribution in [3.8, 4) is 5.75 Å². The molecule has 0 saturated carbocycles. The maximum Gasteiger partial charge on any atom is 0.269 e. The molecule has 1 heterocycles. The first-order valence-electron chi connectivity index (χ1n) is 10.0. The molecule has 5 rings (SSSR count). The van der Waals surface area contributed by atoms with Gasteiger partial charge in [0.2, 0.25) is 0 Å². The molecule has 3 aromatic carbocycles. The lowest BCUT2D eigenvalue weighted by Crippen LogP contribution is -2.30. The van der Waals surface area contributed by atoms with E-state index in [1.165, 1.54) is 16.7 Å². The highest BCUT2D eigenvalue weighted by Gasteiger charge is 2.43. The molecule has 29 heavy (non-hydrogen) atoms. The van der Waals surface area contributed by atoms with E-state index in [0.29, 0.717) is 12.5 Å². The van der Waals surface area contributed by atoms with Crippen LogP contribution in [0, 0.1) is 16.0 Å². The highest BCUT2D eigenvalue weighted by Crippen LogP contribution is 2.54. The molecular formula is C24H22N2O3. The van der Waals surface area contributed by atoms with Gasteiger partial charge in [-0.1, -0.05) is 36.4 Å². The van der Waals surface area contributed by atoms with Gasteiger partial charge in [-0.2, -0.15) is 0 Å². The number of fused-ring (bicyclic) bond motifs is 5. The van der Waals surface area contributed by atoms with E-state index in [0.717, 1.165) is 23.4 Å². The summed E-state index contributed by atoms with van der Waals surface area (Å²) < 4.78 is 5.59. The normalized spacial score (nSPS) is 21.5. The van der Waals surface area contributed by atoms with Crippen molar-refractivity contribution in [2.75, 3.05) is 11.9 Å². The molecule has 0 bridgehead atoms. The number of non-ortho nitro benzene ring substituents is 1. The Labute approximate surface area is 169 Å². The van der Waals surface area contributed by atoms with Crippen LogP contribution in [0.1, 0.15) is 41.1 Å². The molecule has 1 aliphatic heterocycles. The second-order valence-corrected chi connectivity index (χ2v) is 7.70. The molecule has 5 nitrogen and oxygen atoms in total. The van der Waals surface area contributed by atoms with Crippen molar-refractivity contribution in [1.82, 2.24) is 0 Å². The largest absolute Gasteiger partial charge is 0.494 e.